The Labute approximate surface area is 116 Å². The molecule has 0 amide bonds. The summed E-state index contributed by atoms with van der Waals surface area (Å²) in [5.41, 5.74) is 7.26. The summed E-state index contributed by atoms with van der Waals surface area (Å²) >= 11 is 0. The van der Waals surface area contributed by atoms with Crippen LogP contribution in [-0.2, 0) is 0 Å². The van der Waals surface area contributed by atoms with Gasteiger partial charge in [-0.1, -0.05) is 26.0 Å². The van der Waals surface area contributed by atoms with Crippen molar-refractivity contribution in [1.29, 1.82) is 0 Å². The first-order valence-corrected chi connectivity index (χ1v) is 5.43. The minimum absolute atomic E-state index is 0. The third-order valence-corrected chi connectivity index (χ3v) is 2.62. The molecule has 0 aromatic heterocycles. The Morgan fingerprint density at radius 2 is 1.82 bits per heavy atom. The van der Waals surface area contributed by atoms with E-state index in [2.05, 4.69) is 18.7 Å². The number of hydrogen-bond acceptors (Lipinski definition) is 3. The van der Waals surface area contributed by atoms with Gasteiger partial charge in [0.2, 0.25) is 0 Å². The van der Waals surface area contributed by atoms with Crippen LogP contribution in [0.15, 0.2) is 24.3 Å². The van der Waals surface area contributed by atoms with Gasteiger partial charge >= 0.3 is 0 Å². The molecule has 1 aromatic rings. The predicted octanol–water partition coefficient (Wildman–Crippen LogP) is 2.49. The second kappa shape index (κ2) is 9.54. The highest BCUT2D eigenvalue weighted by molar-refractivity contribution is 5.85. The van der Waals surface area contributed by atoms with Gasteiger partial charge in [-0.25, -0.2) is 0 Å². The summed E-state index contributed by atoms with van der Waals surface area (Å²) in [7, 11) is 0. The number of nitrogens with two attached hydrogens (primary N) is 1. The SMILES string of the molecule is CCN(CC)CC(O)c1cccc(N)c1.Cl.Cl. The molecule has 0 aliphatic heterocycles. The highest BCUT2D eigenvalue weighted by atomic mass is 35.5. The minimum Gasteiger partial charge on any atom is -0.399 e. The van der Waals surface area contributed by atoms with Gasteiger partial charge in [0.25, 0.3) is 0 Å². The quantitative estimate of drug-likeness (QED) is 0.815. The average Bonchev–Trinajstić information content (AvgIpc) is 2.25. The smallest absolute Gasteiger partial charge is 0.0917 e. The van der Waals surface area contributed by atoms with Crippen LogP contribution in [0.3, 0.4) is 0 Å². The molecule has 0 aliphatic rings. The number of aliphatic hydroxyl groups excluding tert-OH is 1. The monoisotopic (exact) mass is 280 g/mol. The molecule has 100 valence electrons. The Balaban J connectivity index is 0. The van der Waals surface area contributed by atoms with Crippen LogP contribution in [0.1, 0.15) is 25.5 Å². The lowest BCUT2D eigenvalue weighted by Crippen LogP contribution is -2.28. The van der Waals surface area contributed by atoms with E-state index in [1.54, 1.807) is 0 Å². The number of halogens is 2. The van der Waals surface area contributed by atoms with E-state index in [1.165, 1.54) is 0 Å². The number of nitrogens with zero attached hydrogens (tertiary/aromatic N) is 1. The van der Waals surface area contributed by atoms with Gasteiger partial charge in [0.15, 0.2) is 0 Å². The molecule has 1 atom stereocenters. The molecule has 17 heavy (non-hydrogen) atoms. The van der Waals surface area contributed by atoms with Crippen LogP contribution >= 0.6 is 24.8 Å². The van der Waals surface area contributed by atoms with Crippen molar-refractivity contribution in [2.75, 3.05) is 25.4 Å². The number of benzene rings is 1. The Bertz CT molecular complexity index is 306. The fraction of sp³-hybridized carbons (Fsp3) is 0.500. The van der Waals surface area contributed by atoms with Gasteiger partial charge in [-0.2, -0.15) is 0 Å². The van der Waals surface area contributed by atoms with E-state index in [1.807, 2.05) is 24.3 Å². The molecular formula is C12H22Cl2N2O. The van der Waals surface area contributed by atoms with E-state index >= 15 is 0 Å². The molecule has 0 spiro atoms. The first-order chi connectivity index (χ1) is 7.17. The molecule has 0 saturated heterocycles. The number of aliphatic hydroxyl groups is 1. The minimum atomic E-state index is -0.451. The number of likely N-dealkylation sites (N-methyl/N-ethyl adjacent to an activating group) is 1. The van der Waals surface area contributed by atoms with Gasteiger partial charge in [-0.05, 0) is 30.8 Å². The molecule has 3 N–H and O–H groups in total. The molecule has 1 unspecified atom stereocenters. The average molecular weight is 281 g/mol. The normalized spacial score (nSPS) is 11.5. The third-order valence-electron chi connectivity index (χ3n) is 2.62. The second-order valence-electron chi connectivity index (χ2n) is 3.67. The zero-order valence-corrected chi connectivity index (χ0v) is 11.9. The van der Waals surface area contributed by atoms with E-state index in [0.717, 1.165) is 18.7 Å². The largest absolute Gasteiger partial charge is 0.399 e. The summed E-state index contributed by atoms with van der Waals surface area (Å²) in [5, 5.41) is 9.98. The van der Waals surface area contributed by atoms with Crippen molar-refractivity contribution in [3.05, 3.63) is 29.8 Å². The van der Waals surface area contributed by atoms with E-state index in [4.69, 9.17) is 5.73 Å². The van der Waals surface area contributed by atoms with Crippen molar-refractivity contribution < 1.29 is 5.11 Å². The van der Waals surface area contributed by atoms with Crippen molar-refractivity contribution in [3.8, 4) is 0 Å². The lowest BCUT2D eigenvalue weighted by atomic mass is 10.1. The lowest BCUT2D eigenvalue weighted by Gasteiger charge is -2.22. The molecule has 0 saturated carbocycles. The molecule has 1 rings (SSSR count). The Morgan fingerprint density at radius 1 is 1.24 bits per heavy atom. The molecule has 1 aromatic carbocycles. The molecule has 3 nitrogen and oxygen atoms in total. The van der Waals surface area contributed by atoms with Gasteiger partial charge in [0.05, 0.1) is 6.10 Å². The maximum Gasteiger partial charge on any atom is 0.0917 e. The number of hydrogen-bond donors (Lipinski definition) is 2. The zero-order valence-electron chi connectivity index (χ0n) is 10.3. The first kappa shape index (κ1) is 18.9. The summed E-state index contributed by atoms with van der Waals surface area (Å²) in [5.74, 6) is 0. The fourth-order valence-electron chi connectivity index (χ4n) is 1.60. The molecule has 0 radical (unpaired) electrons. The molecule has 5 heteroatoms. The maximum absolute atomic E-state index is 9.98. The molecule has 0 fully saturated rings. The van der Waals surface area contributed by atoms with Crippen molar-refractivity contribution in [2.24, 2.45) is 0 Å². The van der Waals surface area contributed by atoms with Gasteiger partial charge in [0.1, 0.15) is 0 Å². The van der Waals surface area contributed by atoms with Crippen LogP contribution in [0.4, 0.5) is 5.69 Å². The number of rotatable bonds is 5. The third kappa shape index (κ3) is 6.13. The van der Waals surface area contributed by atoms with Crippen LogP contribution in [0.5, 0.6) is 0 Å². The molecule has 0 aliphatic carbocycles. The van der Waals surface area contributed by atoms with Crippen molar-refractivity contribution in [2.45, 2.75) is 20.0 Å². The molecule has 0 heterocycles. The van der Waals surface area contributed by atoms with Gasteiger partial charge in [-0.3, -0.25) is 0 Å². The standard InChI is InChI=1S/C12H20N2O.2ClH/c1-3-14(4-2)9-12(15)10-6-5-7-11(13)8-10;;/h5-8,12,15H,3-4,9,13H2,1-2H3;2*1H. The first-order valence-electron chi connectivity index (χ1n) is 5.43. The van der Waals surface area contributed by atoms with Crippen molar-refractivity contribution >= 4 is 30.5 Å². The highest BCUT2D eigenvalue weighted by Crippen LogP contribution is 2.16. The van der Waals surface area contributed by atoms with Crippen molar-refractivity contribution in [3.63, 3.8) is 0 Å². The topological polar surface area (TPSA) is 49.5 Å². The Kier molecular flexibility index (Phi) is 10.6. The highest BCUT2D eigenvalue weighted by Gasteiger charge is 2.10. The summed E-state index contributed by atoms with van der Waals surface area (Å²) < 4.78 is 0. The van der Waals surface area contributed by atoms with Gasteiger partial charge in [0, 0.05) is 12.2 Å². The van der Waals surface area contributed by atoms with Gasteiger partial charge in [-0.15, -0.1) is 24.8 Å². The summed E-state index contributed by atoms with van der Waals surface area (Å²) in [6.45, 7) is 6.76. The predicted molar refractivity (Wildman–Crippen MR) is 78.1 cm³/mol. The Hall–Kier alpha value is -0.480. The van der Waals surface area contributed by atoms with Crippen LogP contribution in [-0.4, -0.2) is 29.6 Å². The van der Waals surface area contributed by atoms with E-state index < -0.39 is 6.10 Å². The Morgan fingerprint density at radius 3 is 2.29 bits per heavy atom. The summed E-state index contributed by atoms with van der Waals surface area (Å²) in [6.07, 6.45) is -0.451. The number of nitrogen functional groups attached to an aromatic ring is 1. The van der Waals surface area contributed by atoms with E-state index in [-0.39, 0.29) is 24.8 Å². The molecular weight excluding hydrogens is 259 g/mol. The summed E-state index contributed by atoms with van der Waals surface area (Å²) in [6, 6.07) is 7.43. The second-order valence-corrected chi connectivity index (χ2v) is 3.67. The van der Waals surface area contributed by atoms with E-state index in [9.17, 15) is 5.11 Å². The van der Waals surface area contributed by atoms with Gasteiger partial charge < -0.3 is 15.7 Å². The van der Waals surface area contributed by atoms with Crippen LogP contribution < -0.4 is 5.73 Å². The molecule has 0 bridgehead atoms. The van der Waals surface area contributed by atoms with Crippen LogP contribution in [0.25, 0.3) is 0 Å². The van der Waals surface area contributed by atoms with Crippen LogP contribution in [0.2, 0.25) is 0 Å². The van der Waals surface area contributed by atoms with Crippen molar-refractivity contribution in [1.82, 2.24) is 4.90 Å². The fourth-order valence-corrected chi connectivity index (χ4v) is 1.60. The number of anilines is 1. The van der Waals surface area contributed by atoms with E-state index in [0.29, 0.717) is 12.2 Å². The maximum atomic E-state index is 9.98. The zero-order chi connectivity index (χ0) is 11.3. The van der Waals surface area contributed by atoms with Crippen LogP contribution in [0, 0.1) is 0 Å². The summed E-state index contributed by atoms with van der Waals surface area (Å²) in [4.78, 5) is 2.19. The lowest BCUT2D eigenvalue weighted by molar-refractivity contribution is 0.119.